The van der Waals surface area contributed by atoms with E-state index in [0.29, 0.717) is 19.4 Å². The fourth-order valence-electron chi connectivity index (χ4n) is 1.36. The van der Waals surface area contributed by atoms with E-state index in [2.05, 4.69) is 16.0 Å². The molecule has 0 saturated carbocycles. The molecule has 1 atom stereocenters. The molecule has 0 aromatic carbocycles. The second-order valence-electron chi connectivity index (χ2n) is 3.33. The van der Waals surface area contributed by atoms with Crippen molar-refractivity contribution in [3.63, 3.8) is 0 Å². The van der Waals surface area contributed by atoms with Crippen LogP contribution in [0.4, 0.5) is 0 Å². The van der Waals surface area contributed by atoms with Crippen LogP contribution in [0.1, 0.15) is 19.8 Å². The van der Waals surface area contributed by atoms with Crippen LogP contribution in [0.2, 0.25) is 0 Å². The van der Waals surface area contributed by atoms with Gasteiger partial charge in [-0.1, -0.05) is 0 Å². The molecule has 1 saturated heterocycles. The molecular formula is C9H15N3O3. The molecule has 0 aliphatic carbocycles. The summed E-state index contributed by atoms with van der Waals surface area (Å²) in [5, 5.41) is 7.55. The van der Waals surface area contributed by atoms with Crippen LogP contribution in [0.25, 0.3) is 0 Å². The number of amides is 3. The lowest BCUT2D eigenvalue weighted by atomic mass is 10.2. The Morgan fingerprint density at radius 3 is 2.73 bits per heavy atom. The Kier molecular flexibility index (Phi) is 4.08. The highest BCUT2D eigenvalue weighted by Gasteiger charge is 2.26. The number of hydrogen-bond acceptors (Lipinski definition) is 3. The molecule has 1 aliphatic heterocycles. The third kappa shape index (κ3) is 3.57. The van der Waals surface area contributed by atoms with E-state index in [1.807, 2.05) is 0 Å². The molecule has 6 nitrogen and oxygen atoms in total. The van der Waals surface area contributed by atoms with Crippen molar-refractivity contribution in [3.05, 3.63) is 0 Å². The van der Waals surface area contributed by atoms with E-state index in [9.17, 15) is 14.4 Å². The number of rotatable bonds is 4. The van der Waals surface area contributed by atoms with E-state index in [1.165, 1.54) is 0 Å². The number of nitrogens with one attached hydrogen (secondary N) is 3. The Morgan fingerprint density at radius 1 is 1.47 bits per heavy atom. The van der Waals surface area contributed by atoms with Crippen molar-refractivity contribution in [2.24, 2.45) is 0 Å². The molecule has 0 bridgehead atoms. The van der Waals surface area contributed by atoms with Gasteiger partial charge in [-0.05, 0) is 13.3 Å². The summed E-state index contributed by atoms with van der Waals surface area (Å²) in [5.74, 6) is -0.643. The summed E-state index contributed by atoms with van der Waals surface area (Å²) < 4.78 is 0. The van der Waals surface area contributed by atoms with Crippen molar-refractivity contribution in [1.29, 1.82) is 0 Å². The Balaban J connectivity index is 2.24. The Morgan fingerprint density at radius 2 is 2.20 bits per heavy atom. The zero-order valence-electron chi connectivity index (χ0n) is 8.63. The van der Waals surface area contributed by atoms with Crippen molar-refractivity contribution in [3.8, 4) is 0 Å². The average Bonchev–Trinajstić information content (AvgIpc) is 2.62. The van der Waals surface area contributed by atoms with Gasteiger partial charge in [0, 0.05) is 13.0 Å². The highest BCUT2D eigenvalue weighted by molar-refractivity contribution is 5.92. The largest absolute Gasteiger partial charge is 0.355 e. The molecule has 15 heavy (non-hydrogen) atoms. The molecule has 3 N–H and O–H groups in total. The van der Waals surface area contributed by atoms with Crippen LogP contribution in [-0.4, -0.2) is 36.9 Å². The number of carbonyl (C=O) groups is 3. The van der Waals surface area contributed by atoms with Gasteiger partial charge in [-0.2, -0.15) is 0 Å². The molecule has 3 amide bonds. The number of hydrogen-bond donors (Lipinski definition) is 3. The van der Waals surface area contributed by atoms with Gasteiger partial charge in [0.25, 0.3) is 0 Å². The number of carbonyl (C=O) groups excluding carboxylic acids is 3. The molecule has 0 unspecified atom stereocenters. The average molecular weight is 213 g/mol. The van der Waals surface area contributed by atoms with Crippen LogP contribution in [0.5, 0.6) is 0 Å². The lowest BCUT2D eigenvalue weighted by Gasteiger charge is -2.10. The topological polar surface area (TPSA) is 87.3 Å². The summed E-state index contributed by atoms with van der Waals surface area (Å²) in [6, 6.07) is -0.480. The van der Waals surface area contributed by atoms with E-state index in [1.54, 1.807) is 6.92 Å². The molecule has 0 radical (unpaired) electrons. The third-order valence-electron chi connectivity index (χ3n) is 2.11. The first-order valence-corrected chi connectivity index (χ1v) is 4.97. The normalized spacial score (nSPS) is 19.5. The van der Waals surface area contributed by atoms with Crippen LogP contribution < -0.4 is 16.0 Å². The molecule has 1 fully saturated rings. The quantitative estimate of drug-likeness (QED) is 0.532. The van der Waals surface area contributed by atoms with Crippen molar-refractivity contribution in [1.82, 2.24) is 16.0 Å². The fourth-order valence-corrected chi connectivity index (χ4v) is 1.36. The van der Waals surface area contributed by atoms with E-state index >= 15 is 0 Å². The minimum atomic E-state index is -0.480. The molecule has 1 aliphatic rings. The minimum absolute atomic E-state index is 0.0426. The zero-order valence-corrected chi connectivity index (χ0v) is 8.63. The van der Waals surface area contributed by atoms with Crippen LogP contribution in [-0.2, 0) is 14.4 Å². The molecule has 0 aromatic heterocycles. The molecule has 0 spiro atoms. The SMILES string of the molecule is CCNC(=O)CNC(=O)[C@@H]1CCC(=O)N1. The molecule has 1 heterocycles. The Bertz CT molecular complexity index is 278. The maximum absolute atomic E-state index is 11.4. The smallest absolute Gasteiger partial charge is 0.243 e. The van der Waals surface area contributed by atoms with Gasteiger partial charge in [-0.3, -0.25) is 14.4 Å². The second kappa shape index (κ2) is 5.33. The van der Waals surface area contributed by atoms with Crippen molar-refractivity contribution in [2.45, 2.75) is 25.8 Å². The fraction of sp³-hybridized carbons (Fsp3) is 0.667. The number of likely N-dealkylation sites (N-methyl/N-ethyl adjacent to an activating group) is 1. The lowest BCUT2D eigenvalue weighted by Crippen LogP contribution is -2.45. The Hall–Kier alpha value is -1.59. The summed E-state index contributed by atoms with van der Waals surface area (Å²) in [4.78, 5) is 33.2. The van der Waals surface area contributed by atoms with Gasteiger partial charge in [0.15, 0.2) is 0 Å². The van der Waals surface area contributed by atoms with Crippen LogP contribution in [0.3, 0.4) is 0 Å². The predicted octanol–water partition coefficient (Wildman–Crippen LogP) is -1.48. The maximum Gasteiger partial charge on any atom is 0.243 e. The van der Waals surface area contributed by atoms with Gasteiger partial charge in [0.05, 0.1) is 6.54 Å². The van der Waals surface area contributed by atoms with Crippen molar-refractivity contribution in [2.75, 3.05) is 13.1 Å². The molecular weight excluding hydrogens is 198 g/mol. The molecule has 1 rings (SSSR count). The van der Waals surface area contributed by atoms with Gasteiger partial charge >= 0.3 is 0 Å². The maximum atomic E-state index is 11.4. The van der Waals surface area contributed by atoms with Crippen molar-refractivity contribution < 1.29 is 14.4 Å². The summed E-state index contributed by atoms with van der Waals surface area (Å²) >= 11 is 0. The molecule has 6 heteroatoms. The summed E-state index contributed by atoms with van der Waals surface area (Å²) in [5.41, 5.74) is 0. The lowest BCUT2D eigenvalue weighted by molar-refractivity contribution is -0.128. The van der Waals surface area contributed by atoms with Gasteiger partial charge < -0.3 is 16.0 Å². The highest BCUT2D eigenvalue weighted by Crippen LogP contribution is 2.05. The molecule has 84 valence electrons. The van der Waals surface area contributed by atoms with E-state index < -0.39 is 6.04 Å². The minimum Gasteiger partial charge on any atom is -0.355 e. The third-order valence-corrected chi connectivity index (χ3v) is 2.11. The molecule has 0 aromatic rings. The van der Waals surface area contributed by atoms with Gasteiger partial charge in [-0.25, -0.2) is 0 Å². The van der Waals surface area contributed by atoms with E-state index in [0.717, 1.165) is 0 Å². The standard InChI is InChI=1S/C9H15N3O3/c1-2-10-8(14)5-11-9(15)6-3-4-7(13)12-6/h6H,2-5H2,1H3,(H,10,14)(H,11,15)(H,12,13)/t6-/m0/s1. The first kappa shape index (κ1) is 11.5. The Labute approximate surface area is 87.8 Å². The van der Waals surface area contributed by atoms with Crippen LogP contribution >= 0.6 is 0 Å². The first-order valence-electron chi connectivity index (χ1n) is 4.97. The zero-order chi connectivity index (χ0) is 11.3. The van der Waals surface area contributed by atoms with E-state index in [4.69, 9.17) is 0 Å². The first-order chi connectivity index (χ1) is 7.13. The second-order valence-corrected chi connectivity index (χ2v) is 3.33. The summed E-state index contributed by atoms with van der Waals surface area (Å²) in [6.07, 6.45) is 0.874. The highest BCUT2D eigenvalue weighted by atomic mass is 16.2. The van der Waals surface area contributed by atoms with Gasteiger partial charge in [-0.15, -0.1) is 0 Å². The monoisotopic (exact) mass is 213 g/mol. The van der Waals surface area contributed by atoms with Crippen molar-refractivity contribution >= 4 is 17.7 Å². The van der Waals surface area contributed by atoms with Gasteiger partial charge in [0.2, 0.25) is 17.7 Å². The van der Waals surface area contributed by atoms with Crippen LogP contribution in [0, 0.1) is 0 Å². The van der Waals surface area contributed by atoms with Crippen LogP contribution in [0.15, 0.2) is 0 Å². The summed E-state index contributed by atoms with van der Waals surface area (Å²) in [6.45, 7) is 2.30. The van der Waals surface area contributed by atoms with Gasteiger partial charge in [0.1, 0.15) is 6.04 Å². The summed E-state index contributed by atoms with van der Waals surface area (Å²) in [7, 11) is 0. The van der Waals surface area contributed by atoms with E-state index in [-0.39, 0.29) is 24.3 Å². The predicted molar refractivity (Wildman–Crippen MR) is 52.9 cm³/mol.